The van der Waals surface area contributed by atoms with E-state index < -0.39 is 0 Å². The van der Waals surface area contributed by atoms with Crippen molar-refractivity contribution in [1.82, 2.24) is 10.2 Å². The van der Waals surface area contributed by atoms with E-state index in [1.165, 1.54) is 6.42 Å². The molecule has 0 aromatic rings. The predicted molar refractivity (Wildman–Crippen MR) is 69.9 cm³/mol. The Bertz CT molecular complexity index is 201. The van der Waals surface area contributed by atoms with E-state index >= 15 is 0 Å². The number of likely N-dealkylation sites (tertiary alicyclic amines) is 1. The van der Waals surface area contributed by atoms with Gasteiger partial charge in [-0.3, -0.25) is 4.79 Å². The fourth-order valence-corrected chi connectivity index (χ4v) is 2.44. The number of carbonyl (C=O) groups is 1. The molecule has 1 saturated heterocycles. The van der Waals surface area contributed by atoms with E-state index in [1.807, 2.05) is 7.05 Å². The number of nitrogens with zero attached hydrogens (tertiary/aromatic N) is 1. The van der Waals surface area contributed by atoms with Gasteiger partial charge in [-0.15, -0.1) is 12.4 Å². The zero-order valence-corrected chi connectivity index (χ0v) is 11.5. The molecule has 0 bridgehead atoms. The van der Waals surface area contributed by atoms with Crippen LogP contribution in [0.3, 0.4) is 0 Å². The molecule has 1 heterocycles. The largest absolute Gasteiger partial charge is 0.342 e. The zero-order chi connectivity index (χ0) is 11.3. The Labute approximate surface area is 105 Å². The van der Waals surface area contributed by atoms with Crippen LogP contribution in [0.15, 0.2) is 0 Å². The first-order chi connectivity index (χ1) is 7.13. The van der Waals surface area contributed by atoms with Gasteiger partial charge in [0.25, 0.3) is 0 Å². The monoisotopic (exact) mass is 248 g/mol. The molecule has 2 unspecified atom stereocenters. The highest BCUT2D eigenvalue weighted by Crippen LogP contribution is 2.21. The van der Waals surface area contributed by atoms with E-state index in [-0.39, 0.29) is 12.4 Å². The Kier molecular flexibility index (Phi) is 7.77. The summed E-state index contributed by atoms with van der Waals surface area (Å²) in [6, 6.07) is 0. The normalized spacial score (nSPS) is 25.1. The lowest BCUT2D eigenvalue weighted by Crippen LogP contribution is -2.42. The lowest BCUT2D eigenvalue weighted by Gasteiger charge is -2.35. The van der Waals surface area contributed by atoms with Crippen molar-refractivity contribution < 1.29 is 4.79 Å². The van der Waals surface area contributed by atoms with Crippen LogP contribution in [0.25, 0.3) is 0 Å². The molecule has 0 aromatic heterocycles. The lowest BCUT2D eigenvalue weighted by molar-refractivity contribution is -0.133. The standard InChI is InChI=1S/C12H24N2O.ClH/c1-10-7-11(2)9-14(8-10)12(15)5-4-6-13-3;/h10-11,13H,4-9H2,1-3H3;1H. The Balaban J connectivity index is 0.00000225. The van der Waals surface area contributed by atoms with Gasteiger partial charge < -0.3 is 10.2 Å². The number of hydrogen-bond donors (Lipinski definition) is 1. The van der Waals surface area contributed by atoms with E-state index in [2.05, 4.69) is 24.1 Å². The summed E-state index contributed by atoms with van der Waals surface area (Å²) in [4.78, 5) is 13.9. The maximum Gasteiger partial charge on any atom is 0.222 e. The molecule has 1 fully saturated rings. The smallest absolute Gasteiger partial charge is 0.222 e. The Morgan fingerprint density at radius 1 is 1.31 bits per heavy atom. The first-order valence-corrected chi connectivity index (χ1v) is 6.05. The third-order valence-electron chi connectivity index (χ3n) is 3.04. The molecule has 4 heteroatoms. The van der Waals surface area contributed by atoms with Crippen LogP contribution < -0.4 is 5.32 Å². The molecule has 0 aliphatic carbocycles. The average Bonchev–Trinajstić information content (AvgIpc) is 2.16. The minimum Gasteiger partial charge on any atom is -0.342 e. The Hall–Kier alpha value is -0.280. The minimum atomic E-state index is 0. The molecule has 0 radical (unpaired) electrons. The Morgan fingerprint density at radius 3 is 2.38 bits per heavy atom. The van der Waals surface area contributed by atoms with Crippen LogP contribution in [0, 0.1) is 11.8 Å². The van der Waals surface area contributed by atoms with Gasteiger partial charge in [-0.05, 0) is 38.3 Å². The number of nitrogens with one attached hydrogen (secondary N) is 1. The molecule has 1 N–H and O–H groups in total. The van der Waals surface area contributed by atoms with E-state index in [1.54, 1.807) is 0 Å². The van der Waals surface area contributed by atoms with Crippen molar-refractivity contribution in [2.75, 3.05) is 26.7 Å². The first-order valence-electron chi connectivity index (χ1n) is 6.05. The third-order valence-corrected chi connectivity index (χ3v) is 3.04. The number of halogens is 1. The molecule has 0 aromatic carbocycles. The topological polar surface area (TPSA) is 32.3 Å². The maximum absolute atomic E-state index is 11.9. The van der Waals surface area contributed by atoms with Crippen LogP contribution in [-0.4, -0.2) is 37.5 Å². The highest BCUT2D eigenvalue weighted by molar-refractivity contribution is 5.85. The fourth-order valence-electron chi connectivity index (χ4n) is 2.44. The quantitative estimate of drug-likeness (QED) is 0.771. The summed E-state index contributed by atoms with van der Waals surface area (Å²) in [5, 5.41) is 3.07. The van der Waals surface area contributed by atoms with Crippen molar-refractivity contribution in [2.24, 2.45) is 11.8 Å². The van der Waals surface area contributed by atoms with E-state index in [9.17, 15) is 4.79 Å². The molecular formula is C12H25ClN2O. The van der Waals surface area contributed by atoms with E-state index in [0.717, 1.165) is 26.1 Å². The molecule has 3 nitrogen and oxygen atoms in total. The minimum absolute atomic E-state index is 0. The van der Waals surface area contributed by atoms with Crippen LogP contribution in [-0.2, 0) is 4.79 Å². The number of amides is 1. The van der Waals surface area contributed by atoms with Crippen molar-refractivity contribution in [3.63, 3.8) is 0 Å². The van der Waals surface area contributed by atoms with Gasteiger partial charge in [-0.1, -0.05) is 13.8 Å². The number of hydrogen-bond acceptors (Lipinski definition) is 2. The molecule has 1 aliphatic rings. The molecule has 96 valence electrons. The van der Waals surface area contributed by atoms with Gasteiger partial charge in [0.15, 0.2) is 0 Å². The van der Waals surface area contributed by atoms with Crippen LogP contribution in [0.4, 0.5) is 0 Å². The number of piperidine rings is 1. The van der Waals surface area contributed by atoms with Gasteiger partial charge in [0.2, 0.25) is 5.91 Å². The summed E-state index contributed by atoms with van der Waals surface area (Å²) in [7, 11) is 1.93. The van der Waals surface area contributed by atoms with Crippen molar-refractivity contribution in [1.29, 1.82) is 0 Å². The SMILES string of the molecule is CNCCCC(=O)N1CC(C)CC(C)C1.Cl. The molecule has 0 spiro atoms. The van der Waals surface area contributed by atoms with Crippen molar-refractivity contribution in [2.45, 2.75) is 33.1 Å². The van der Waals surface area contributed by atoms with Crippen LogP contribution in [0.2, 0.25) is 0 Å². The molecular weight excluding hydrogens is 224 g/mol. The predicted octanol–water partition coefficient (Wildman–Crippen LogP) is 1.91. The summed E-state index contributed by atoms with van der Waals surface area (Å²) in [5.74, 6) is 1.67. The fraction of sp³-hybridized carbons (Fsp3) is 0.917. The summed E-state index contributed by atoms with van der Waals surface area (Å²) < 4.78 is 0. The van der Waals surface area contributed by atoms with Gasteiger partial charge in [0, 0.05) is 19.5 Å². The van der Waals surface area contributed by atoms with Crippen molar-refractivity contribution in [3.8, 4) is 0 Å². The van der Waals surface area contributed by atoms with Crippen LogP contribution in [0.5, 0.6) is 0 Å². The number of carbonyl (C=O) groups excluding carboxylic acids is 1. The summed E-state index contributed by atoms with van der Waals surface area (Å²) >= 11 is 0. The zero-order valence-electron chi connectivity index (χ0n) is 10.7. The third kappa shape index (κ3) is 5.17. The lowest BCUT2D eigenvalue weighted by atomic mass is 9.91. The van der Waals surface area contributed by atoms with Crippen LogP contribution >= 0.6 is 12.4 Å². The average molecular weight is 249 g/mol. The maximum atomic E-state index is 11.9. The van der Waals surface area contributed by atoms with Crippen molar-refractivity contribution in [3.05, 3.63) is 0 Å². The van der Waals surface area contributed by atoms with Gasteiger partial charge in [0.05, 0.1) is 0 Å². The number of rotatable bonds is 4. The summed E-state index contributed by atoms with van der Waals surface area (Å²) in [5.41, 5.74) is 0. The highest BCUT2D eigenvalue weighted by Gasteiger charge is 2.24. The second-order valence-electron chi connectivity index (χ2n) is 4.95. The molecule has 16 heavy (non-hydrogen) atoms. The Morgan fingerprint density at radius 2 is 1.88 bits per heavy atom. The molecule has 2 atom stereocenters. The van der Waals surface area contributed by atoms with E-state index in [4.69, 9.17) is 0 Å². The first kappa shape index (κ1) is 15.7. The summed E-state index contributed by atoms with van der Waals surface area (Å²) in [6.07, 6.45) is 2.91. The van der Waals surface area contributed by atoms with Gasteiger partial charge in [-0.2, -0.15) is 0 Å². The second-order valence-corrected chi connectivity index (χ2v) is 4.95. The van der Waals surface area contributed by atoms with E-state index in [0.29, 0.717) is 24.2 Å². The van der Waals surface area contributed by atoms with Crippen molar-refractivity contribution >= 4 is 18.3 Å². The highest BCUT2D eigenvalue weighted by atomic mass is 35.5. The van der Waals surface area contributed by atoms with Gasteiger partial charge in [0.1, 0.15) is 0 Å². The van der Waals surface area contributed by atoms with Gasteiger partial charge >= 0.3 is 0 Å². The second kappa shape index (κ2) is 7.91. The molecule has 1 aliphatic heterocycles. The molecule has 1 rings (SSSR count). The molecule has 1 amide bonds. The summed E-state index contributed by atoms with van der Waals surface area (Å²) in [6.45, 7) is 7.34. The molecule has 0 saturated carbocycles. The van der Waals surface area contributed by atoms with Crippen LogP contribution in [0.1, 0.15) is 33.1 Å². The van der Waals surface area contributed by atoms with Gasteiger partial charge in [-0.25, -0.2) is 0 Å².